The van der Waals surface area contributed by atoms with Crippen LogP contribution in [-0.2, 0) is 11.3 Å². The lowest BCUT2D eigenvalue weighted by atomic mass is 9.90. The Labute approximate surface area is 118 Å². The summed E-state index contributed by atoms with van der Waals surface area (Å²) >= 11 is 2.02. The molecule has 3 rings (SSSR count). The Bertz CT molecular complexity index is 434. The van der Waals surface area contributed by atoms with Crippen molar-refractivity contribution in [3.8, 4) is 0 Å². The number of thioether (sulfide) groups is 1. The van der Waals surface area contributed by atoms with Crippen LogP contribution in [0.1, 0.15) is 30.8 Å². The first kappa shape index (κ1) is 13.3. The second-order valence-electron chi connectivity index (χ2n) is 5.50. The molecule has 2 atom stereocenters. The zero-order valence-electron chi connectivity index (χ0n) is 11.4. The number of nitrogens with zero attached hydrogens (tertiary/aromatic N) is 2. The van der Waals surface area contributed by atoms with Crippen LogP contribution in [0.5, 0.6) is 0 Å². The standard InChI is InChI=1S/C14H21N3OS/c1-11-15-5-2-13(17-11)9-16-12-3-6-18-14(8-12)4-7-19-10-14/h2,5,12,16H,3-4,6-10H2,1H3. The number of hydrogen-bond acceptors (Lipinski definition) is 5. The van der Waals surface area contributed by atoms with Crippen LogP contribution in [0.4, 0.5) is 0 Å². The van der Waals surface area contributed by atoms with Gasteiger partial charge in [0.1, 0.15) is 5.82 Å². The van der Waals surface area contributed by atoms with Crippen molar-refractivity contribution in [1.29, 1.82) is 0 Å². The summed E-state index contributed by atoms with van der Waals surface area (Å²) in [5, 5.41) is 3.64. The molecule has 0 aliphatic carbocycles. The highest BCUT2D eigenvalue weighted by molar-refractivity contribution is 7.99. The Balaban J connectivity index is 1.55. The topological polar surface area (TPSA) is 47.0 Å². The van der Waals surface area contributed by atoms with Crippen molar-refractivity contribution in [3.63, 3.8) is 0 Å². The van der Waals surface area contributed by atoms with Gasteiger partial charge in [0.25, 0.3) is 0 Å². The average molecular weight is 279 g/mol. The summed E-state index contributed by atoms with van der Waals surface area (Å²) in [6, 6.07) is 2.54. The Morgan fingerprint density at radius 2 is 2.53 bits per heavy atom. The fourth-order valence-electron chi connectivity index (χ4n) is 2.92. The lowest BCUT2D eigenvalue weighted by Gasteiger charge is -2.38. The molecular formula is C14H21N3OS. The predicted molar refractivity (Wildman–Crippen MR) is 77.3 cm³/mol. The van der Waals surface area contributed by atoms with Gasteiger partial charge in [-0.2, -0.15) is 11.8 Å². The van der Waals surface area contributed by atoms with Gasteiger partial charge in [0.15, 0.2) is 0 Å². The van der Waals surface area contributed by atoms with Gasteiger partial charge in [0.2, 0.25) is 0 Å². The molecule has 1 aromatic heterocycles. The van der Waals surface area contributed by atoms with Gasteiger partial charge in [0, 0.05) is 31.1 Å². The van der Waals surface area contributed by atoms with Gasteiger partial charge in [-0.1, -0.05) is 0 Å². The Morgan fingerprint density at radius 3 is 3.32 bits per heavy atom. The van der Waals surface area contributed by atoms with Crippen LogP contribution in [0, 0.1) is 6.92 Å². The summed E-state index contributed by atoms with van der Waals surface area (Å²) in [5.41, 5.74) is 1.23. The van der Waals surface area contributed by atoms with E-state index in [9.17, 15) is 0 Å². The van der Waals surface area contributed by atoms with Crippen molar-refractivity contribution >= 4 is 11.8 Å². The van der Waals surface area contributed by atoms with Gasteiger partial charge in [0.05, 0.1) is 11.3 Å². The Kier molecular flexibility index (Phi) is 4.05. The summed E-state index contributed by atoms with van der Waals surface area (Å²) < 4.78 is 6.04. The molecule has 1 spiro atoms. The van der Waals surface area contributed by atoms with E-state index in [1.54, 1.807) is 0 Å². The normalized spacial score (nSPS) is 30.9. The van der Waals surface area contributed by atoms with Crippen LogP contribution in [0.25, 0.3) is 0 Å². The predicted octanol–water partition coefficient (Wildman–Crippen LogP) is 1.93. The van der Waals surface area contributed by atoms with Gasteiger partial charge < -0.3 is 10.1 Å². The number of aryl methyl sites for hydroxylation is 1. The molecule has 5 heteroatoms. The molecule has 1 N–H and O–H groups in total. The number of hydrogen-bond donors (Lipinski definition) is 1. The van der Waals surface area contributed by atoms with E-state index in [0.717, 1.165) is 43.3 Å². The lowest BCUT2D eigenvalue weighted by Crippen LogP contribution is -2.47. The zero-order valence-corrected chi connectivity index (χ0v) is 12.2. The molecule has 19 heavy (non-hydrogen) atoms. The maximum absolute atomic E-state index is 6.04. The summed E-state index contributed by atoms with van der Waals surface area (Å²) in [5.74, 6) is 3.25. The van der Waals surface area contributed by atoms with Gasteiger partial charge in [-0.15, -0.1) is 0 Å². The molecule has 2 unspecified atom stereocenters. The minimum absolute atomic E-state index is 0.155. The SMILES string of the molecule is Cc1nccc(CNC2CCOC3(CCSC3)C2)n1. The highest BCUT2D eigenvalue weighted by Crippen LogP contribution is 2.38. The number of aromatic nitrogens is 2. The van der Waals surface area contributed by atoms with Crippen molar-refractivity contribution in [2.24, 2.45) is 0 Å². The minimum atomic E-state index is 0.155. The highest BCUT2D eigenvalue weighted by Gasteiger charge is 2.40. The zero-order chi connectivity index (χ0) is 13.1. The summed E-state index contributed by atoms with van der Waals surface area (Å²) in [6.07, 6.45) is 5.29. The van der Waals surface area contributed by atoms with Gasteiger partial charge in [-0.3, -0.25) is 0 Å². The van der Waals surface area contributed by atoms with E-state index in [0.29, 0.717) is 6.04 Å². The average Bonchev–Trinajstić information content (AvgIpc) is 2.85. The third-order valence-electron chi connectivity index (χ3n) is 3.97. The molecule has 0 saturated carbocycles. The highest BCUT2D eigenvalue weighted by atomic mass is 32.2. The Morgan fingerprint density at radius 1 is 1.58 bits per heavy atom. The van der Waals surface area contributed by atoms with Gasteiger partial charge in [-0.25, -0.2) is 9.97 Å². The molecule has 104 valence electrons. The molecule has 4 nitrogen and oxygen atoms in total. The van der Waals surface area contributed by atoms with Crippen LogP contribution in [-0.4, -0.2) is 39.7 Å². The third kappa shape index (κ3) is 3.27. The first-order chi connectivity index (χ1) is 9.26. The molecule has 0 bridgehead atoms. The first-order valence-corrected chi connectivity index (χ1v) is 8.15. The van der Waals surface area contributed by atoms with E-state index in [2.05, 4.69) is 15.3 Å². The quantitative estimate of drug-likeness (QED) is 0.916. The van der Waals surface area contributed by atoms with Gasteiger partial charge in [-0.05, 0) is 38.0 Å². The van der Waals surface area contributed by atoms with Crippen molar-refractivity contribution in [3.05, 3.63) is 23.8 Å². The smallest absolute Gasteiger partial charge is 0.125 e. The molecule has 0 aromatic carbocycles. The van der Waals surface area contributed by atoms with Crippen LogP contribution in [0.3, 0.4) is 0 Å². The fourth-order valence-corrected chi connectivity index (χ4v) is 4.30. The molecule has 3 heterocycles. The maximum Gasteiger partial charge on any atom is 0.125 e. The van der Waals surface area contributed by atoms with Crippen LogP contribution in [0.15, 0.2) is 12.3 Å². The van der Waals surface area contributed by atoms with E-state index in [1.807, 2.05) is 30.9 Å². The minimum Gasteiger partial charge on any atom is -0.374 e. The summed E-state index contributed by atoms with van der Waals surface area (Å²) in [7, 11) is 0. The largest absolute Gasteiger partial charge is 0.374 e. The molecule has 2 saturated heterocycles. The van der Waals surface area contributed by atoms with E-state index in [1.165, 1.54) is 12.2 Å². The molecule has 2 fully saturated rings. The summed E-state index contributed by atoms with van der Waals surface area (Å²) in [6.45, 7) is 3.65. The number of ether oxygens (including phenoxy) is 1. The molecule has 0 amide bonds. The van der Waals surface area contributed by atoms with E-state index in [4.69, 9.17) is 4.74 Å². The van der Waals surface area contributed by atoms with Crippen molar-refractivity contribution in [1.82, 2.24) is 15.3 Å². The van der Waals surface area contributed by atoms with E-state index >= 15 is 0 Å². The summed E-state index contributed by atoms with van der Waals surface area (Å²) in [4.78, 5) is 8.57. The van der Waals surface area contributed by atoms with E-state index in [-0.39, 0.29) is 5.60 Å². The van der Waals surface area contributed by atoms with Crippen molar-refractivity contribution < 1.29 is 4.74 Å². The van der Waals surface area contributed by atoms with Crippen LogP contribution < -0.4 is 5.32 Å². The van der Waals surface area contributed by atoms with Crippen LogP contribution >= 0.6 is 11.8 Å². The van der Waals surface area contributed by atoms with Crippen molar-refractivity contribution in [2.45, 2.75) is 44.4 Å². The third-order valence-corrected chi connectivity index (χ3v) is 5.19. The second-order valence-corrected chi connectivity index (χ2v) is 6.61. The maximum atomic E-state index is 6.04. The molecule has 2 aliphatic heterocycles. The Hall–Kier alpha value is -0.650. The van der Waals surface area contributed by atoms with Gasteiger partial charge >= 0.3 is 0 Å². The van der Waals surface area contributed by atoms with E-state index < -0.39 is 0 Å². The lowest BCUT2D eigenvalue weighted by molar-refractivity contribution is -0.0703. The second kappa shape index (κ2) is 5.77. The number of rotatable bonds is 3. The van der Waals surface area contributed by atoms with Crippen molar-refractivity contribution in [2.75, 3.05) is 18.1 Å². The van der Waals surface area contributed by atoms with Crippen LogP contribution in [0.2, 0.25) is 0 Å². The monoisotopic (exact) mass is 279 g/mol. The molecule has 0 radical (unpaired) electrons. The fraction of sp³-hybridized carbons (Fsp3) is 0.714. The number of nitrogens with one attached hydrogen (secondary N) is 1. The molecule has 2 aliphatic rings. The molecular weight excluding hydrogens is 258 g/mol. The first-order valence-electron chi connectivity index (χ1n) is 6.99. The molecule has 1 aromatic rings.